The Balaban J connectivity index is 1.77. The molecule has 0 radical (unpaired) electrons. The molecule has 1 aliphatic rings. The lowest BCUT2D eigenvalue weighted by Crippen LogP contribution is -2.52. The molecule has 0 saturated carbocycles. The maximum Gasteiger partial charge on any atom is 0.407 e. The normalized spacial score (nSPS) is 22.8. The van der Waals surface area contributed by atoms with E-state index in [1.165, 1.54) is 0 Å². The SMILES string of the molecule is O=C(N[C@H]1CNCC[C@H]1CO)OCc1ccccc1. The molecule has 0 unspecified atom stereocenters. The van der Waals surface area contributed by atoms with Crippen molar-refractivity contribution in [3.8, 4) is 0 Å². The van der Waals surface area contributed by atoms with Crippen LogP contribution in [-0.4, -0.2) is 36.9 Å². The van der Waals surface area contributed by atoms with Gasteiger partial charge in [0.15, 0.2) is 0 Å². The predicted molar refractivity (Wildman–Crippen MR) is 71.6 cm³/mol. The van der Waals surface area contributed by atoms with Gasteiger partial charge in [0.2, 0.25) is 0 Å². The number of amides is 1. The highest BCUT2D eigenvalue weighted by atomic mass is 16.5. The fourth-order valence-electron chi connectivity index (χ4n) is 2.22. The lowest BCUT2D eigenvalue weighted by molar-refractivity contribution is 0.117. The minimum Gasteiger partial charge on any atom is -0.445 e. The molecule has 19 heavy (non-hydrogen) atoms. The molecule has 0 aromatic heterocycles. The van der Waals surface area contributed by atoms with Gasteiger partial charge in [-0.05, 0) is 18.5 Å². The number of nitrogens with one attached hydrogen (secondary N) is 2. The average molecular weight is 264 g/mol. The Kier molecular flexibility index (Phi) is 5.18. The number of alkyl carbamates (subject to hydrolysis) is 1. The highest BCUT2D eigenvalue weighted by molar-refractivity contribution is 5.67. The third kappa shape index (κ3) is 4.22. The Morgan fingerprint density at radius 1 is 1.42 bits per heavy atom. The summed E-state index contributed by atoms with van der Waals surface area (Å²) in [6.07, 6.45) is 0.427. The molecule has 0 aliphatic carbocycles. The summed E-state index contributed by atoms with van der Waals surface area (Å²) in [5.41, 5.74) is 0.957. The van der Waals surface area contributed by atoms with Crippen LogP contribution in [0.4, 0.5) is 4.79 Å². The molecule has 0 bridgehead atoms. The molecule has 5 nitrogen and oxygen atoms in total. The first kappa shape index (κ1) is 13.8. The van der Waals surface area contributed by atoms with Crippen LogP contribution in [0.25, 0.3) is 0 Å². The van der Waals surface area contributed by atoms with Crippen molar-refractivity contribution in [2.75, 3.05) is 19.7 Å². The number of aliphatic hydroxyl groups excluding tert-OH is 1. The molecule has 1 heterocycles. The maximum atomic E-state index is 11.7. The number of rotatable bonds is 4. The van der Waals surface area contributed by atoms with E-state index in [1.54, 1.807) is 0 Å². The van der Waals surface area contributed by atoms with E-state index in [2.05, 4.69) is 10.6 Å². The fraction of sp³-hybridized carbons (Fsp3) is 0.500. The van der Waals surface area contributed by atoms with Crippen molar-refractivity contribution in [1.82, 2.24) is 10.6 Å². The number of aliphatic hydroxyl groups is 1. The molecule has 2 rings (SSSR count). The van der Waals surface area contributed by atoms with E-state index in [-0.39, 0.29) is 25.2 Å². The minimum absolute atomic E-state index is 0.0676. The van der Waals surface area contributed by atoms with Gasteiger partial charge in [-0.15, -0.1) is 0 Å². The van der Waals surface area contributed by atoms with Crippen LogP contribution in [0.1, 0.15) is 12.0 Å². The summed E-state index contributed by atoms with van der Waals surface area (Å²) in [6, 6.07) is 9.48. The van der Waals surface area contributed by atoms with Gasteiger partial charge in [-0.2, -0.15) is 0 Å². The van der Waals surface area contributed by atoms with Crippen molar-refractivity contribution in [3.63, 3.8) is 0 Å². The molecular weight excluding hydrogens is 244 g/mol. The summed E-state index contributed by atoms with van der Waals surface area (Å²) in [6.45, 7) is 1.90. The van der Waals surface area contributed by atoms with E-state index in [0.29, 0.717) is 6.54 Å². The summed E-state index contributed by atoms with van der Waals surface area (Å²) < 4.78 is 5.16. The lowest BCUT2D eigenvalue weighted by atomic mass is 9.94. The number of piperidine rings is 1. The van der Waals surface area contributed by atoms with Gasteiger partial charge in [-0.25, -0.2) is 4.79 Å². The summed E-state index contributed by atoms with van der Waals surface area (Å²) in [5, 5.41) is 15.3. The number of hydrogen-bond donors (Lipinski definition) is 3. The van der Waals surface area contributed by atoms with Crippen molar-refractivity contribution in [1.29, 1.82) is 0 Å². The molecule has 1 amide bonds. The molecule has 2 atom stereocenters. The monoisotopic (exact) mass is 264 g/mol. The number of hydrogen-bond acceptors (Lipinski definition) is 4. The van der Waals surface area contributed by atoms with Crippen molar-refractivity contribution >= 4 is 6.09 Å². The van der Waals surface area contributed by atoms with Crippen molar-refractivity contribution in [2.45, 2.75) is 19.1 Å². The zero-order valence-electron chi connectivity index (χ0n) is 10.8. The van der Waals surface area contributed by atoms with E-state index in [0.717, 1.165) is 18.5 Å². The highest BCUT2D eigenvalue weighted by Gasteiger charge is 2.26. The fourth-order valence-corrected chi connectivity index (χ4v) is 2.22. The number of ether oxygens (including phenoxy) is 1. The van der Waals surface area contributed by atoms with Gasteiger partial charge in [0.1, 0.15) is 6.61 Å². The van der Waals surface area contributed by atoms with Crippen LogP contribution in [0, 0.1) is 5.92 Å². The number of benzene rings is 1. The van der Waals surface area contributed by atoms with Gasteiger partial charge in [0.05, 0.1) is 0 Å². The maximum absolute atomic E-state index is 11.7. The molecule has 1 aromatic carbocycles. The smallest absolute Gasteiger partial charge is 0.407 e. The molecular formula is C14H20N2O3. The van der Waals surface area contributed by atoms with E-state index in [4.69, 9.17) is 4.74 Å². The standard InChI is InChI=1S/C14H20N2O3/c17-9-12-6-7-15-8-13(12)16-14(18)19-10-11-4-2-1-3-5-11/h1-5,12-13,15,17H,6-10H2,(H,16,18)/t12-,13-/m0/s1. The Hall–Kier alpha value is -1.59. The molecule has 104 valence electrons. The van der Waals surface area contributed by atoms with Gasteiger partial charge in [-0.1, -0.05) is 30.3 Å². The van der Waals surface area contributed by atoms with Crippen LogP contribution < -0.4 is 10.6 Å². The molecule has 1 aliphatic heterocycles. The van der Waals surface area contributed by atoms with Crippen LogP contribution in [0.3, 0.4) is 0 Å². The molecule has 5 heteroatoms. The number of carbonyl (C=O) groups is 1. The molecule has 1 saturated heterocycles. The average Bonchev–Trinajstić information content (AvgIpc) is 2.47. The van der Waals surface area contributed by atoms with Crippen molar-refractivity contribution in [3.05, 3.63) is 35.9 Å². The zero-order chi connectivity index (χ0) is 13.5. The summed E-state index contributed by atoms with van der Waals surface area (Å²) in [7, 11) is 0. The Morgan fingerprint density at radius 3 is 2.95 bits per heavy atom. The van der Waals surface area contributed by atoms with E-state index < -0.39 is 6.09 Å². The predicted octanol–water partition coefficient (Wildman–Crippen LogP) is 0.883. The first-order valence-electron chi connectivity index (χ1n) is 6.58. The second kappa shape index (κ2) is 7.11. The third-order valence-electron chi connectivity index (χ3n) is 3.38. The highest BCUT2D eigenvalue weighted by Crippen LogP contribution is 2.12. The van der Waals surface area contributed by atoms with Gasteiger partial charge in [0, 0.05) is 25.1 Å². The lowest BCUT2D eigenvalue weighted by Gasteiger charge is -2.31. The van der Waals surface area contributed by atoms with Gasteiger partial charge >= 0.3 is 6.09 Å². The van der Waals surface area contributed by atoms with Crippen LogP contribution in [-0.2, 0) is 11.3 Å². The molecule has 0 spiro atoms. The Labute approximate surface area is 113 Å². The second-order valence-corrected chi connectivity index (χ2v) is 4.75. The van der Waals surface area contributed by atoms with E-state index >= 15 is 0 Å². The number of carbonyl (C=O) groups excluding carboxylic acids is 1. The van der Waals surface area contributed by atoms with E-state index in [1.807, 2.05) is 30.3 Å². The Morgan fingerprint density at radius 2 is 2.21 bits per heavy atom. The minimum atomic E-state index is -0.434. The van der Waals surface area contributed by atoms with Crippen LogP contribution in [0.2, 0.25) is 0 Å². The van der Waals surface area contributed by atoms with Crippen molar-refractivity contribution in [2.24, 2.45) is 5.92 Å². The molecule has 1 fully saturated rings. The van der Waals surface area contributed by atoms with E-state index in [9.17, 15) is 9.90 Å². The van der Waals surface area contributed by atoms with Crippen molar-refractivity contribution < 1.29 is 14.6 Å². The topological polar surface area (TPSA) is 70.6 Å². The molecule has 1 aromatic rings. The van der Waals surface area contributed by atoms with Crippen LogP contribution in [0.5, 0.6) is 0 Å². The summed E-state index contributed by atoms with van der Waals surface area (Å²) in [4.78, 5) is 11.7. The van der Waals surface area contributed by atoms with Crippen LogP contribution in [0.15, 0.2) is 30.3 Å². The largest absolute Gasteiger partial charge is 0.445 e. The summed E-state index contributed by atoms with van der Waals surface area (Å²) >= 11 is 0. The Bertz CT molecular complexity index is 397. The molecule has 3 N–H and O–H groups in total. The zero-order valence-corrected chi connectivity index (χ0v) is 10.8. The first-order valence-corrected chi connectivity index (χ1v) is 6.58. The first-order chi connectivity index (χ1) is 9.29. The summed E-state index contributed by atoms with van der Waals surface area (Å²) in [5.74, 6) is 0.102. The van der Waals surface area contributed by atoms with Gasteiger partial charge in [-0.3, -0.25) is 0 Å². The third-order valence-corrected chi connectivity index (χ3v) is 3.38. The van der Waals surface area contributed by atoms with Gasteiger partial charge < -0.3 is 20.5 Å². The van der Waals surface area contributed by atoms with Gasteiger partial charge in [0.25, 0.3) is 0 Å². The second-order valence-electron chi connectivity index (χ2n) is 4.75. The van der Waals surface area contributed by atoms with Crippen LogP contribution >= 0.6 is 0 Å². The quantitative estimate of drug-likeness (QED) is 0.755.